The molecule has 1 aromatic rings. The number of rotatable bonds is 3. The Bertz CT molecular complexity index is 585. The van der Waals surface area contributed by atoms with Gasteiger partial charge in [-0.05, 0) is 23.6 Å². The number of carbonyl (C=O) groups is 2. The van der Waals surface area contributed by atoms with Gasteiger partial charge in [0.15, 0.2) is 0 Å². The number of nitrogens with two attached hydrogens (primary N) is 1. The summed E-state index contributed by atoms with van der Waals surface area (Å²) in [5, 5.41) is 0. The summed E-state index contributed by atoms with van der Waals surface area (Å²) in [5.41, 5.74) is 6.93. The van der Waals surface area contributed by atoms with Crippen LogP contribution in [-0.4, -0.2) is 23.8 Å². The average Bonchev–Trinajstić information content (AvgIpc) is 2.86. The molecular weight excluding hydrogens is 256 g/mol. The topological polar surface area (TPSA) is 72.6 Å². The Kier molecular flexibility index (Phi) is 2.58. The highest BCUT2D eigenvalue weighted by molar-refractivity contribution is 6.10. The number of imide groups is 1. The Morgan fingerprint density at radius 1 is 1.25 bits per heavy atom. The van der Waals surface area contributed by atoms with Gasteiger partial charge in [0.25, 0.3) is 0 Å². The fourth-order valence-electron chi connectivity index (χ4n) is 3.25. The predicted octanol–water partition coefficient (Wildman–Crippen LogP) is 1.42. The third-order valence-electron chi connectivity index (χ3n) is 4.52. The van der Waals surface area contributed by atoms with Gasteiger partial charge in [-0.25, -0.2) is 0 Å². The van der Waals surface area contributed by atoms with E-state index >= 15 is 0 Å². The maximum absolute atomic E-state index is 12.3. The third-order valence-corrected chi connectivity index (χ3v) is 4.52. The summed E-state index contributed by atoms with van der Waals surface area (Å²) in [5.74, 6) is 0.188. The molecule has 2 fully saturated rings. The van der Waals surface area contributed by atoms with Gasteiger partial charge in [0.1, 0.15) is 5.75 Å². The van der Waals surface area contributed by atoms with E-state index in [9.17, 15) is 9.59 Å². The maximum Gasteiger partial charge on any atom is 0.233 e. The van der Waals surface area contributed by atoms with Crippen molar-refractivity contribution < 1.29 is 14.3 Å². The summed E-state index contributed by atoms with van der Waals surface area (Å²) in [7, 11) is 1.56. The molecule has 1 aliphatic carbocycles. The van der Waals surface area contributed by atoms with Gasteiger partial charge >= 0.3 is 0 Å². The van der Waals surface area contributed by atoms with Gasteiger partial charge in [0, 0.05) is 11.3 Å². The van der Waals surface area contributed by atoms with Crippen molar-refractivity contribution in [2.45, 2.75) is 20.4 Å². The number of carbonyl (C=O) groups excluding carboxylic acids is 2. The Hall–Kier alpha value is -2.04. The van der Waals surface area contributed by atoms with Crippen molar-refractivity contribution >= 4 is 17.5 Å². The third kappa shape index (κ3) is 1.62. The highest BCUT2D eigenvalue weighted by Gasteiger charge is 2.72. The van der Waals surface area contributed by atoms with Gasteiger partial charge in [0.05, 0.1) is 25.5 Å². The largest absolute Gasteiger partial charge is 0.496 e. The first-order valence-electron chi connectivity index (χ1n) is 6.65. The Labute approximate surface area is 117 Å². The van der Waals surface area contributed by atoms with Crippen molar-refractivity contribution in [1.29, 1.82) is 0 Å². The second-order valence-corrected chi connectivity index (χ2v) is 6.11. The van der Waals surface area contributed by atoms with Crippen LogP contribution in [0.4, 0.5) is 5.69 Å². The molecule has 0 spiro atoms. The zero-order valence-electron chi connectivity index (χ0n) is 11.8. The molecule has 5 nitrogen and oxygen atoms in total. The average molecular weight is 274 g/mol. The molecule has 0 aromatic heterocycles. The number of likely N-dealkylation sites (tertiary alicyclic amines) is 1. The lowest BCUT2D eigenvalue weighted by Gasteiger charge is -2.21. The van der Waals surface area contributed by atoms with Crippen LogP contribution >= 0.6 is 0 Å². The van der Waals surface area contributed by atoms with Crippen LogP contribution in [0.5, 0.6) is 5.75 Å². The molecular formula is C15H18N2O3. The van der Waals surface area contributed by atoms with Crippen LogP contribution in [0.2, 0.25) is 0 Å². The lowest BCUT2D eigenvalue weighted by atomic mass is 10.0. The van der Waals surface area contributed by atoms with Crippen LogP contribution in [0.1, 0.15) is 19.4 Å². The fourth-order valence-corrected chi connectivity index (χ4v) is 3.25. The minimum atomic E-state index is -0.176. The van der Waals surface area contributed by atoms with Crippen LogP contribution in [-0.2, 0) is 16.1 Å². The number of ether oxygens (including phenoxy) is 1. The van der Waals surface area contributed by atoms with E-state index in [0.717, 1.165) is 5.56 Å². The Balaban J connectivity index is 1.85. The zero-order chi connectivity index (χ0) is 14.7. The van der Waals surface area contributed by atoms with E-state index in [1.807, 2.05) is 13.8 Å². The number of anilines is 1. The van der Waals surface area contributed by atoms with Crippen molar-refractivity contribution in [2.75, 3.05) is 12.8 Å². The summed E-state index contributed by atoms with van der Waals surface area (Å²) in [4.78, 5) is 25.9. The first-order valence-corrected chi connectivity index (χ1v) is 6.65. The van der Waals surface area contributed by atoms with Crippen LogP contribution in [0, 0.1) is 17.3 Å². The lowest BCUT2D eigenvalue weighted by Crippen LogP contribution is -2.35. The number of nitrogen functional groups attached to an aromatic ring is 1. The smallest absolute Gasteiger partial charge is 0.233 e. The molecule has 5 heteroatoms. The maximum atomic E-state index is 12.3. The lowest BCUT2D eigenvalue weighted by molar-refractivity contribution is -0.143. The van der Waals surface area contributed by atoms with Crippen LogP contribution in [0.3, 0.4) is 0 Å². The molecule has 1 heterocycles. The van der Waals surface area contributed by atoms with E-state index in [1.54, 1.807) is 25.3 Å². The van der Waals surface area contributed by atoms with Gasteiger partial charge in [0.2, 0.25) is 11.8 Å². The second-order valence-electron chi connectivity index (χ2n) is 6.11. The Morgan fingerprint density at radius 2 is 1.85 bits per heavy atom. The van der Waals surface area contributed by atoms with E-state index in [1.165, 1.54) is 4.90 Å². The molecule has 20 heavy (non-hydrogen) atoms. The predicted molar refractivity (Wildman–Crippen MR) is 73.7 cm³/mol. The number of fused-ring (bicyclic) bond motifs is 1. The first-order chi connectivity index (χ1) is 9.37. The number of piperidine rings is 1. The van der Waals surface area contributed by atoms with Crippen molar-refractivity contribution in [3.8, 4) is 5.75 Å². The molecule has 2 atom stereocenters. The fraction of sp³-hybridized carbons (Fsp3) is 0.467. The number of benzene rings is 1. The van der Waals surface area contributed by atoms with Crippen molar-refractivity contribution in [3.63, 3.8) is 0 Å². The molecule has 2 aliphatic rings. The molecule has 106 valence electrons. The van der Waals surface area contributed by atoms with Gasteiger partial charge < -0.3 is 10.5 Å². The highest BCUT2D eigenvalue weighted by Crippen LogP contribution is 2.63. The first kappa shape index (κ1) is 13.0. The van der Waals surface area contributed by atoms with Gasteiger partial charge in [-0.1, -0.05) is 13.8 Å². The second kappa shape index (κ2) is 3.98. The van der Waals surface area contributed by atoms with Gasteiger partial charge in [-0.2, -0.15) is 0 Å². The molecule has 1 saturated carbocycles. The van der Waals surface area contributed by atoms with Gasteiger partial charge in [-0.15, -0.1) is 0 Å². The zero-order valence-corrected chi connectivity index (χ0v) is 11.8. The molecule has 2 N–H and O–H groups in total. The molecule has 1 saturated heterocycles. The summed E-state index contributed by atoms with van der Waals surface area (Å²) < 4.78 is 5.26. The Morgan fingerprint density at radius 3 is 2.40 bits per heavy atom. The minimum Gasteiger partial charge on any atom is -0.496 e. The molecule has 2 unspecified atom stereocenters. The number of hydrogen-bond donors (Lipinski definition) is 1. The molecule has 3 rings (SSSR count). The molecule has 1 aliphatic heterocycles. The quantitative estimate of drug-likeness (QED) is 0.668. The van der Waals surface area contributed by atoms with Crippen LogP contribution < -0.4 is 10.5 Å². The van der Waals surface area contributed by atoms with Crippen LogP contribution in [0.15, 0.2) is 18.2 Å². The minimum absolute atomic E-state index is 0.0746. The number of methoxy groups -OCH3 is 1. The SMILES string of the molecule is COc1ccc(N)cc1CN1C(=O)C2C(C1=O)C2(C)C. The monoisotopic (exact) mass is 274 g/mol. The van der Waals surface area contributed by atoms with E-state index < -0.39 is 0 Å². The molecule has 0 radical (unpaired) electrons. The number of amides is 2. The van der Waals surface area contributed by atoms with Crippen molar-refractivity contribution in [2.24, 2.45) is 17.3 Å². The van der Waals surface area contributed by atoms with Crippen molar-refractivity contribution in [1.82, 2.24) is 4.90 Å². The summed E-state index contributed by atoms with van der Waals surface area (Å²) in [6.45, 7) is 4.17. The molecule has 2 amide bonds. The van der Waals surface area contributed by atoms with Crippen LogP contribution in [0.25, 0.3) is 0 Å². The van der Waals surface area contributed by atoms with Crippen molar-refractivity contribution in [3.05, 3.63) is 23.8 Å². The number of hydrogen-bond acceptors (Lipinski definition) is 4. The molecule has 1 aromatic carbocycles. The normalized spacial score (nSPS) is 26.6. The molecule has 0 bridgehead atoms. The summed E-state index contributed by atoms with van der Waals surface area (Å²) >= 11 is 0. The highest BCUT2D eigenvalue weighted by atomic mass is 16.5. The van der Waals surface area contributed by atoms with Gasteiger partial charge in [-0.3, -0.25) is 14.5 Å². The summed E-state index contributed by atoms with van der Waals surface area (Å²) in [6, 6.07) is 5.23. The summed E-state index contributed by atoms with van der Waals surface area (Å²) in [6.07, 6.45) is 0. The van der Waals surface area contributed by atoms with E-state index in [-0.39, 0.29) is 35.6 Å². The van der Waals surface area contributed by atoms with E-state index in [4.69, 9.17) is 10.5 Å². The van der Waals surface area contributed by atoms with E-state index in [0.29, 0.717) is 11.4 Å². The van der Waals surface area contributed by atoms with E-state index in [2.05, 4.69) is 0 Å². The number of nitrogens with zero attached hydrogens (tertiary/aromatic N) is 1. The standard InChI is InChI=1S/C15H18N2O3/c1-15(2)11-12(15)14(19)17(13(11)18)7-8-6-9(16)4-5-10(8)20-3/h4-6,11-12H,7,16H2,1-3H3.